The number of nitrogens with two attached hydrogens (primary N) is 1. The lowest BCUT2D eigenvalue weighted by molar-refractivity contribution is 0.0972. The maximum absolute atomic E-state index is 11.0. The topological polar surface area (TPSA) is 102 Å². The van der Waals surface area contributed by atoms with Crippen molar-refractivity contribution in [2.24, 2.45) is 10.7 Å². The number of aliphatic imine (C=N–C) groups is 1. The van der Waals surface area contributed by atoms with Crippen LogP contribution in [0.15, 0.2) is 39.7 Å². The minimum Gasteiger partial charge on any atom is -0.497 e. The van der Waals surface area contributed by atoms with Gasteiger partial charge in [0.2, 0.25) is 0 Å². The summed E-state index contributed by atoms with van der Waals surface area (Å²) in [5.74, 6) is 1.47. The van der Waals surface area contributed by atoms with E-state index in [1.165, 1.54) is 0 Å². The Labute approximate surface area is 157 Å². The highest BCUT2D eigenvalue weighted by Crippen LogP contribution is 2.22. The fourth-order valence-electron chi connectivity index (χ4n) is 2.27. The van der Waals surface area contributed by atoms with Crippen molar-refractivity contribution in [1.82, 2.24) is 10.6 Å². The van der Waals surface area contributed by atoms with E-state index in [-0.39, 0.29) is 5.76 Å². The summed E-state index contributed by atoms with van der Waals surface area (Å²) in [7, 11) is 1.61. The lowest BCUT2D eigenvalue weighted by Gasteiger charge is -2.12. The fourth-order valence-corrected chi connectivity index (χ4v) is 2.53. The van der Waals surface area contributed by atoms with Gasteiger partial charge in [0.05, 0.1) is 7.11 Å². The molecule has 8 heteroatoms. The number of hydrogen-bond donors (Lipinski definition) is 3. The Morgan fingerprint density at radius 3 is 2.73 bits per heavy atom. The number of ether oxygens (including phenoxy) is 1. The minimum absolute atomic E-state index is 0.127. The Bertz CT molecular complexity index is 774. The zero-order chi connectivity index (χ0) is 18.9. The second kappa shape index (κ2) is 9.72. The summed E-state index contributed by atoms with van der Waals surface area (Å²) in [6.07, 6.45) is 0.736. The minimum atomic E-state index is -0.596. The molecule has 0 aliphatic heterocycles. The van der Waals surface area contributed by atoms with Crippen molar-refractivity contribution < 1.29 is 13.9 Å². The zero-order valence-electron chi connectivity index (χ0n) is 14.8. The number of carbonyl (C=O) groups excluding carboxylic acids is 1. The Balaban J connectivity index is 1.91. The van der Waals surface area contributed by atoms with Gasteiger partial charge >= 0.3 is 0 Å². The first-order chi connectivity index (χ1) is 12.5. The lowest BCUT2D eigenvalue weighted by atomic mass is 10.1. The molecule has 2 rings (SSSR count). The standard InChI is InChI=1S/C18H23ClN4O3/c1-3-21-18(23-11-14-6-7-16(26-14)17(20)24)22-9-8-12-4-5-13(25-2)10-15(12)19/h4-7,10H,3,8-9,11H2,1-2H3,(H2,20,24)(H2,21,22,23). The number of guanidine groups is 1. The maximum Gasteiger partial charge on any atom is 0.284 e. The van der Waals surface area contributed by atoms with Gasteiger partial charge < -0.3 is 25.5 Å². The van der Waals surface area contributed by atoms with Crippen LogP contribution in [0, 0.1) is 0 Å². The van der Waals surface area contributed by atoms with Gasteiger partial charge in [0.15, 0.2) is 11.7 Å². The van der Waals surface area contributed by atoms with E-state index < -0.39 is 5.91 Å². The predicted molar refractivity (Wildman–Crippen MR) is 102 cm³/mol. The Hall–Kier alpha value is -2.67. The van der Waals surface area contributed by atoms with Crippen LogP contribution in [0.1, 0.15) is 28.8 Å². The molecule has 0 fully saturated rings. The molecule has 1 amide bonds. The van der Waals surface area contributed by atoms with E-state index in [2.05, 4.69) is 15.6 Å². The second-order valence-electron chi connectivity index (χ2n) is 5.46. The summed E-state index contributed by atoms with van der Waals surface area (Å²) in [5, 5.41) is 7.06. The number of primary amides is 1. The third kappa shape index (κ3) is 5.70. The average Bonchev–Trinajstić information content (AvgIpc) is 3.10. The number of amides is 1. The fraction of sp³-hybridized carbons (Fsp3) is 0.333. The highest BCUT2D eigenvalue weighted by Gasteiger charge is 2.07. The molecule has 26 heavy (non-hydrogen) atoms. The smallest absolute Gasteiger partial charge is 0.284 e. The van der Waals surface area contributed by atoms with E-state index in [4.69, 9.17) is 26.5 Å². The molecule has 0 bridgehead atoms. The van der Waals surface area contributed by atoms with Crippen LogP contribution in [0.2, 0.25) is 5.02 Å². The van der Waals surface area contributed by atoms with Crippen molar-refractivity contribution in [3.8, 4) is 5.75 Å². The number of benzene rings is 1. The summed E-state index contributed by atoms with van der Waals surface area (Å²) in [6.45, 7) is 3.66. The first-order valence-corrected chi connectivity index (χ1v) is 8.64. The maximum atomic E-state index is 11.0. The van der Waals surface area contributed by atoms with Gasteiger partial charge in [0, 0.05) is 18.1 Å². The number of halogens is 1. The van der Waals surface area contributed by atoms with Gasteiger partial charge in [-0.1, -0.05) is 17.7 Å². The molecule has 1 aromatic heterocycles. The molecule has 1 heterocycles. The molecule has 0 aliphatic rings. The molecule has 1 aromatic carbocycles. The van der Waals surface area contributed by atoms with Gasteiger partial charge in [0.1, 0.15) is 18.1 Å². The first-order valence-electron chi connectivity index (χ1n) is 8.26. The molecule has 0 radical (unpaired) electrons. The van der Waals surface area contributed by atoms with E-state index in [1.807, 2.05) is 19.1 Å². The summed E-state index contributed by atoms with van der Waals surface area (Å²) >= 11 is 6.25. The monoisotopic (exact) mass is 378 g/mol. The van der Waals surface area contributed by atoms with Gasteiger partial charge in [0.25, 0.3) is 5.91 Å². The molecular weight excluding hydrogens is 356 g/mol. The van der Waals surface area contributed by atoms with Crippen LogP contribution in [0.3, 0.4) is 0 Å². The molecule has 140 valence electrons. The highest BCUT2D eigenvalue weighted by atomic mass is 35.5. The van der Waals surface area contributed by atoms with Crippen LogP contribution >= 0.6 is 11.6 Å². The number of methoxy groups -OCH3 is 1. The third-order valence-corrected chi connectivity index (χ3v) is 3.94. The number of furan rings is 1. The second-order valence-corrected chi connectivity index (χ2v) is 5.87. The summed E-state index contributed by atoms with van der Waals surface area (Å²) in [6, 6.07) is 8.85. The van der Waals surface area contributed by atoms with Crippen molar-refractivity contribution in [3.63, 3.8) is 0 Å². The molecular formula is C18H23ClN4O3. The van der Waals surface area contributed by atoms with Crippen LogP contribution in [0.5, 0.6) is 5.75 Å². The molecule has 7 nitrogen and oxygen atoms in total. The predicted octanol–water partition coefficient (Wildman–Crippen LogP) is 2.34. The van der Waals surface area contributed by atoms with Gasteiger partial charge in [-0.05, 0) is 43.2 Å². The molecule has 2 aromatic rings. The van der Waals surface area contributed by atoms with Crippen molar-refractivity contribution in [3.05, 3.63) is 52.4 Å². The molecule has 0 atom stereocenters. The van der Waals surface area contributed by atoms with E-state index >= 15 is 0 Å². The van der Waals surface area contributed by atoms with Gasteiger partial charge in [-0.3, -0.25) is 4.79 Å². The SMILES string of the molecule is CCNC(=NCc1ccc(C(N)=O)o1)NCCc1ccc(OC)cc1Cl. The Morgan fingerprint density at radius 2 is 2.12 bits per heavy atom. The summed E-state index contributed by atoms with van der Waals surface area (Å²) in [4.78, 5) is 15.5. The Morgan fingerprint density at radius 1 is 1.31 bits per heavy atom. The van der Waals surface area contributed by atoms with Crippen molar-refractivity contribution in [1.29, 1.82) is 0 Å². The molecule has 0 saturated carbocycles. The van der Waals surface area contributed by atoms with Crippen molar-refractivity contribution in [2.45, 2.75) is 19.9 Å². The van der Waals surface area contributed by atoms with E-state index in [0.29, 0.717) is 29.8 Å². The van der Waals surface area contributed by atoms with Gasteiger partial charge in [-0.2, -0.15) is 0 Å². The first kappa shape index (κ1) is 19.7. The molecule has 0 aliphatic carbocycles. The van der Waals surface area contributed by atoms with Crippen molar-refractivity contribution >= 4 is 23.5 Å². The highest BCUT2D eigenvalue weighted by molar-refractivity contribution is 6.31. The molecule has 0 unspecified atom stereocenters. The van der Waals surface area contributed by atoms with Crippen LogP contribution in [0.25, 0.3) is 0 Å². The van der Waals surface area contributed by atoms with E-state index in [1.54, 1.807) is 25.3 Å². The van der Waals surface area contributed by atoms with E-state index in [0.717, 1.165) is 24.3 Å². The third-order valence-electron chi connectivity index (χ3n) is 3.59. The van der Waals surface area contributed by atoms with Crippen LogP contribution in [-0.4, -0.2) is 32.1 Å². The van der Waals surface area contributed by atoms with Crippen LogP contribution < -0.4 is 21.1 Å². The number of nitrogens with one attached hydrogen (secondary N) is 2. The summed E-state index contributed by atoms with van der Waals surface area (Å²) in [5.41, 5.74) is 6.19. The zero-order valence-corrected chi connectivity index (χ0v) is 15.6. The quantitative estimate of drug-likeness (QED) is 0.483. The lowest BCUT2D eigenvalue weighted by Crippen LogP contribution is -2.38. The number of rotatable bonds is 8. The molecule has 0 saturated heterocycles. The van der Waals surface area contributed by atoms with E-state index in [9.17, 15) is 4.79 Å². The normalized spacial score (nSPS) is 11.3. The summed E-state index contributed by atoms with van der Waals surface area (Å²) < 4.78 is 10.5. The Kier molecular flexibility index (Phi) is 7.35. The number of nitrogens with zero attached hydrogens (tertiary/aromatic N) is 1. The largest absolute Gasteiger partial charge is 0.497 e. The molecule has 4 N–H and O–H groups in total. The van der Waals surface area contributed by atoms with Crippen LogP contribution in [-0.2, 0) is 13.0 Å². The average molecular weight is 379 g/mol. The van der Waals surface area contributed by atoms with Crippen LogP contribution in [0.4, 0.5) is 0 Å². The number of hydrogen-bond acceptors (Lipinski definition) is 4. The molecule has 0 spiro atoms. The van der Waals surface area contributed by atoms with Gasteiger partial charge in [-0.25, -0.2) is 4.99 Å². The van der Waals surface area contributed by atoms with Crippen molar-refractivity contribution in [2.75, 3.05) is 20.2 Å². The van der Waals surface area contributed by atoms with Gasteiger partial charge in [-0.15, -0.1) is 0 Å². The number of carbonyl (C=O) groups is 1.